The predicted molar refractivity (Wildman–Crippen MR) is 90.1 cm³/mol. The number of carbonyl (C=O) groups excluding carboxylic acids is 1. The Bertz CT molecular complexity index is 875. The topological polar surface area (TPSA) is 76.1 Å². The Balaban J connectivity index is 1.80. The molecule has 0 unspecified atom stereocenters. The second kappa shape index (κ2) is 5.92. The lowest BCUT2D eigenvalue weighted by atomic mass is 9.99. The van der Waals surface area contributed by atoms with Gasteiger partial charge in [0.2, 0.25) is 5.91 Å². The average Bonchev–Trinajstić information content (AvgIpc) is 2.82. The molecule has 0 saturated carbocycles. The number of sulfone groups is 1. The third-order valence-corrected chi connectivity index (χ3v) is 6.19. The molecule has 1 saturated heterocycles. The van der Waals surface area contributed by atoms with Gasteiger partial charge in [-0.3, -0.25) is 9.78 Å². The minimum absolute atomic E-state index is 0.0483. The predicted octanol–water partition coefficient (Wildman–Crippen LogP) is 1.70. The number of aryl methyl sites for hydroxylation is 2. The molecule has 1 aromatic heterocycles. The van der Waals surface area contributed by atoms with Crippen molar-refractivity contribution in [1.29, 1.82) is 0 Å². The van der Waals surface area contributed by atoms with Crippen LogP contribution in [0.2, 0.25) is 0 Å². The molecule has 1 aliphatic heterocycles. The summed E-state index contributed by atoms with van der Waals surface area (Å²) in [5.74, 6) is 0.0654. The number of amides is 1. The zero-order valence-electron chi connectivity index (χ0n) is 13.3. The van der Waals surface area contributed by atoms with Crippen LogP contribution < -0.4 is 5.32 Å². The van der Waals surface area contributed by atoms with E-state index in [2.05, 4.69) is 10.3 Å². The first kappa shape index (κ1) is 15.9. The van der Waals surface area contributed by atoms with E-state index in [1.165, 1.54) is 0 Å². The summed E-state index contributed by atoms with van der Waals surface area (Å²) in [5.41, 5.74) is 3.74. The SMILES string of the molecule is Cc1nc2ccccc2c(C)c1CC(=O)N[C@@H]1CCS(=O)(=O)C1. The van der Waals surface area contributed by atoms with Gasteiger partial charge in [0.05, 0.1) is 23.4 Å². The Labute approximate surface area is 136 Å². The first-order valence-electron chi connectivity index (χ1n) is 7.70. The molecule has 6 heteroatoms. The van der Waals surface area contributed by atoms with Gasteiger partial charge in [0.1, 0.15) is 0 Å². The van der Waals surface area contributed by atoms with Crippen LogP contribution in [0.3, 0.4) is 0 Å². The van der Waals surface area contributed by atoms with Crippen molar-refractivity contribution in [2.75, 3.05) is 11.5 Å². The van der Waals surface area contributed by atoms with Crippen molar-refractivity contribution in [3.8, 4) is 0 Å². The first-order valence-corrected chi connectivity index (χ1v) is 9.52. The fourth-order valence-electron chi connectivity index (χ4n) is 3.18. The Morgan fingerprint density at radius 1 is 1.30 bits per heavy atom. The van der Waals surface area contributed by atoms with Gasteiger partial charge in [-0.1, -0.05) is 18.2 Å². The van der Waals surface area contributed by atoms with E-state index < -0.39 is 9.84 Å². The van der Waals surface area contributed by atoms with E-state index in [4.69, 9.17) is 0 Å². The lowest BCUT2D eigenvalue weighted by Crippen LogP contribution is -2.36. The molecule has 5 nitrogen and oxygen atoms in total. The van der Waals surface area contributed by atoms with Crippen LogP contribution in [0.5, 0.6) is 0 Å². The fourth-order valence-corrected chi connectivity index (χ4v) is 4.85. The molecule has 1 N–H and O–H groups in total. The Kier molecular flexibility index (Phi) is 4.10. The molecule has 0 radical (unpaired) electrons. The molecule has 122 valence electrons. The summed E-state index contributed by atoms with van der Waals surface area (Å²) >= 11 is 0. The van der Waals surface area contributed by atoms with Gasteiger partial charge in [0.25, 0.3) is 0 Å². The Morgan fingerprint density at radius 3 is 2.74 bits per heavy atom. The molecule has 0 spiro atoms. The van der Waals surface area contributed by atoms with Crippen molar-refractivity contribution in [3.05, 3.63) is 41.1 Å². The van der Waals surface area contributed by atoms with E-state index in [9.17, 15) is 13.2 Å². The molecule has 1 amide bonds. The summed E-state index contributed by atoms with van der Waals surface area (Å²) in [7, 11) is -2.99. The molecule has 0 aliphatic carbocycles. The van der Waals surface area contributed by atoms with Crippen molar-refractivity contribution < 1.29 is 13.2 Å². The van der Waals surface area contributed by atoms with Crippen LogP contribution in [0, 0.1) is 13.8 Å². The van der Waals surface area contributed by atoms with Gasteiger partial charge in [-0.2, -0.15) is 0 Å². The number of nitrogens with one attached hydrogen (secondary N) is 1. The van der Waals surface area contributed by atoms with E-state index in [0.29, 0.717) is 6.42 Å². The Morgan fingerprint density at radius 2 is 2.04 bits per heavy atom. The summed E-state index contributed by atoms with van der Waals surface area (Å²) in [6, 6.07) is 7.60. The van der Waals surface area contributed by atoms with Gasteiger partial charge in [-0.15, -0.1) is 0 Å². The van der Waals surface area contributed by atoms with Crippen molar-refractivity contribution in [2.45, 2.75) is 32.7 Å². The molecule has 1 aromatic carbocycles. The molecule has 23 heavy (non-hydrogen) atoms. The van der Waals surface area contributed by atoms with E-state index in [-0.39, 0.29) is 29.9 Å². The molecule has 2 heterocycles. The number of hydrogen-bond donors (Lipinski definition) is 1. The number of hydrogen-bond acceptors (Lipinski definition) is 4. The summed E-state index contributed by atoms with van der Waals surface area (Å²) in [4.78, 5) is 16.9. The highest BCUT2D eigenvalue weighted by atomic mass is 32.2. The molecule has 0 bridgehead atoms. The number of benzene rings is 1. The number of fused-ring (bicyclic) bond motifs is 1. The maximum Gasteiger partial charge on any atom is 0.224 e. The highest BCUT2D eigenvalue weighted by Crippen LogP contribution is 2.23. The molecule has 3 rings (SSSR count). The lowest BCUT2D eigenvalue weighted by Gasteiger charge is -2.14. The monoisotopic (exact) mass is 332 g/mol. The average molecular weight is 332 g/mol. The molecular weight excluding hydrogens is 312 g/mol. The molecular formula is C17H20N2O3S. The standard InChI is InChI=1S/C17H20N2O3S/c1-11-14-5-3-4-6-16(14)18-12(2)15(11)9-17(20)19-13-7-8-23(21,22)10-13/h3-6,13H,7-10H2,1-2H3,(H,19,20)/t13-/m1/s1. The van der Waals surface area contributed by atoms with Gasteiger partial charge in [0, 0.05) is 17.1 Å². The number of para-hydroxylation sites is 1. The minimum atomic E-state index is -2.99. The quantitative estimate of drug-likeness (QED) is 0.928. The van der Waals surface area contributed by atoms with Gasteiger partial charge >= 0.3 is 0 Å². The minimum Gasteiger partial charge on any atom is -0.352 e. The number of carbonyl (C=O) groups is 1. The van der Waals surface area contributed by atoms with Crippen molar-refractivity contribution in [1.82, 2.24) is 10.3 Å². The maximum absolute atomic E-state index is 12.3. The van der Waals surface area contributed by atoms with Crippen LogP contribution in [0.25, 0.3) is 10.9 Å². The normalized spacial score (nSPS) is 19.8. The van der Waals surface area contributed by atoms with Crippen LogP contribution >= 0.6 is 0 Å². The molecule has 2 aromatic rings. The zero-order valence-corrected chi connectivity index (χ0v) is 14.1. The van der Waals surface area contributed by atoms with Crippen molar-refractivity contribution in [3.63, 3.8) is 0 Å². The van der Waals surface area contributed by atoms with Crippen LogP contribution in [0.4, 0.5) is 0 Å². The number of pyridine rings is 1. The van der Waals surface area contributed by atoms with E-state index >= 15 is 0 Å². The number of nitrogens with zero attached hydrogens (tertiary/aromatic N) is 1. The van der Waals surface area contributed by atoms with Crippen LogP contribution in [-0.4, -0.2) is 36.9 Å². The molecule has 1 aliphatic rings. The largest absolute Gasteiger partial charge is 0.352 e. The van der Waals surface area contributed by atoms with Crippen molar-refractivity contribution >= 4 is 26.6 Å². The van der Waals surface area contributed by atoms with Gasteiger partial charge < -0.3 is 5.32 Å². The molecule has 1 atom stereocenters. The lowest BCUT2D eigenvalue weighted by molar-refractivity contribution is -0.121. The molecule has 1 fully saturated rings. The smallest absolute Gasteiger partial charge is 0.224 e. The Hall–Kier alpha value is -1.95. The van der Waals surface area contributed by atoms with E-state index in [1.54, 1.807) is 0 Å². The van der Waals surface area contributed by atoms with E-state index in [0.717, 1.165) is 27.7 Å². The van der Waals surface area contributed by atoms with Crippen LogP contribution in [-0.2, 0) is 21.1 Å². The van der Waals surface area contributed by atoms with Gasteiger partial charge in [-0.25, -0.2) is 8.42 Å². The van der Waals surface area contributed by atoms with Crippen LogP contribution in [0.1, 0.15) is 23.2 Å². The summed E-state index contributed by atoms with van der Waals surface area (Å²) in [6.45, 7) is 3.90. The zero-order chi connectivity index (χ0) is 16.6. The third kappa shape index (κ3) is 3.37. The van der Waals surface area contributed by atoms with Gasteiger partial charge in [-0.05, 0) is 37.5 Å². The second-order valence-electron chi connectivity index (χ2n) is 6.16. The van der Waals surface area contributed by atoms with Crippen LogP contribution in [0.15, 0.2) is 24.3 Å². The van der Waals surface area contributed by atoms with E-state index in [1.807, 2.05) is 38.1 Å². The maximum atomic E-state index is 12.3. The van der Waals surface area contributed by atoms with Gasteiger partial charge in [0.15, 0.2) is 9.84 Å². The summed E-state index contributed by atoms with van der Waals surface area (Å²) in [6.07, 6.45) is 0.730. The highest BCUT2D eigenvalue weighted by molar-refractivity contribution is 7.91. The highest BCUT2D eigenvalue weighted by Gasteiger charge is 2.29. The van der Waals surface area contributed by atoms with Crippen molar-refractivity contribution in [2.24, 2.45) is 0 Å². The number of aromatic nitrogens is 1. The number of rotatable bonds is 3. The fraction of sp³-hybridized carbons (Fsp3) is 0.412. The second-order valence-corrected chi connectivity index (χ2v) is 8.39. The summed E-state index contributed by atoms with van der Waals surface area (Å²) in [5, 5.41) is 3.89. The summed E-state index contributed by atoms with van der Waals surface area (Å²) < 4.78 is 22.9. The first-order chi connectivity index (χ1) is 10.9. The third-order valence-electron chi connectivity index (χ3n) is 4.42.